The van der Waals surface area contributed by atoms with Crippen molar-refractivity contribution in [3.63, 3.8) is 0 Å². The van der Waals surface area contributed by atoms with Gasteiger partial charge in [-0.3, -0.25) is 4.79 Å². The van der Waals surface area contributed by atoms with Crippen LogP contribution in [-0.4, -0.2) is 44.0 Å². The van der Waals surface area contributed by atoms with E-state index in [1.165, 1.54) is 12.8 Å². The van der Waals surface area contributed by atoms with Crippen LogP contribution in [0.1, 0.15) is 32.6 Å². The van der Waals surface area contributed by atoms with Crippen molar-refractivity contribution in [2.45, 2.75) is 32.6 Å². The Balaban J connectivity index is 2.15. The van der Waals surface area contributed by atoms with Crippen molar-refractivity contribution in [3.05, 3.63) is 0 Å². The normalized spacial score (nSPS) is 20.2. The highest BCUT2D eigenvalue weighted by Gasteiger charge is 2.17. The molecule has 1 saturated heterocycles. The number of rotatable bonds is 6. The fourth-order valence-corrected chi connectivity index (χ4v) is 2.25. The maximum absolute atomic E-state index is 11.7. The van der Waals surface area contributed by atoms with Crippen LogP contribution in [0.25, 0.3) is 0 Å². The Labute approximate surface area is 105 Å². The van der Waals surface area contributed by atoms with E-state index in [2.05, 4.69) is 24.2 Å². The number of piperidine rings is 1. The van der Waals surface area contributed by atoms with Crippen molar-refractivity contribution in [1.82, 2.24) is 10.2 Å². The summed E-state index contributed by atoms with van der Waals surface area (Å²) in [5.41, 5.74) is 5.60. The quantitative estimate of drug-likeness (QED) is 0.724. The Hall–Kier alpha value is -0.610. The van der Waals surface area contributed by atoms with Gasteiger partial charge in [0.15, 0.2) is 0 Å². The maximum atomic E-state index is 11.7. The molecule has 4 nitrogen and oxygen atoms in total. The van der Waals surface area contributed by atoms with Crippen LogP contribution in [0.5, 0.6) is 0 Å². The molecule has 17 heavy (non-hydrogen) atoms. The second-order valence-corrected chi connectivity index (χ2v) is 5.26. The molecule has 0 radical (unpaired) electrons. The van der Waals surface area contributed by atoms with Crippen molar-refractivity contribution in [2.75, 3.05) is 33.2 Å². The molecule has 0 bridgehead atoms. The van der Waals surface area contributed by atoms with Gasteiger partial charge in [0.2, 0.25) is 5.91 Å². The first kappa shape index (κ1) is 14.5. The second-order valence-electron chi connectivity index (χ2n) is 5.26. The summed E-state index contributed by atoms with van der Waals surface area (Å²) in [6.45, 7) is 5.84. The highest BCUT2D eigenvalue weighted by molar-refractivity contribution is 5.76. The molecule has 1 atom stereocenters. The topological polar surface area (TPSA) is 58.4 Å². The number of hydrogen-bond acceptors (Lipinski definition) is 3. The summed E-state index contributed by atoms with van der Waals surface area (Å²) in [7, 11) is 2.15. The highest BCUT2D eigenvalue weighted by Crippen LogP contribution is 2.15. The molecule has 1 aliphatic rings. The smallest absolute Gasteiger partial charge is 0.220 e. The van der Waals surface area contributed by atoms with Crippen molar-refractivity contribution in [1.29, 1.82) is 0 Å². The molecule has 1 fully saturated rings. The fraction of sp³-hybridized carbons (Fsp3) is 0.923. The average Bonchev–Trinajstić information content (AvgIpc) is 2.35. The second kappa shape index (κ2) is 7.67. The summed E-state index contributed by atoms with van der Waals surface area (Å²) < 4.78 is 0. The van der Waals surface area contributed by atoms with E-state index in [1.54, 1.807) is 0 Å². The highest BCUT2D eigenvalue weighted by atomic mass is 16.1. The van der Waals surface area contributed by atoms with Crippen molar-refractivity contribution in [3.8, 4) is 0 Å². The molecular weight excluding hydrogens is 214 g/mol. The summed E-state index contributed by atoms with van der Waals surface area (Å²) in [6, 6.07) is 0. The van der Waals surface area contributed by atoms with Crippen LogP contribution < -0.4 is 11.1 Å². The molecule has 0 aromatic heterocycles. The SMILES string of the molecule is CCC(CN)CC(=O)NCC1CCN(C)CC1. The van der Waals surface area contributed by atoms with E-state index in [-0.39, 0.29) is 5.91 Å². The van der Waals surface area contributed by atoms with E-state index >= 15 is 0 Å². The van der Waals surface area contributed by atoms with Gasteiger partial charge in [-0.2, -0.15) is 0 Å². The molecule has 1 rings (SSSR count). The first-order valence-corrected chi connectivity index (χ1v) is 6.81. The van der Waals surface area contributed by atoms with Crippen LogP contribution in [0.2, 0.25) is 0 Å². The van der Waals surface area contributed by atoms with Crippen molar-refractivity contribution >= 4 is 5.91 Å². The molecule has 0 aliphatic carbocycles. The van der Waals surface area contributed by atoms with Crippen molar-refractivity contribution in [2.24, 2.45) is 17.6 Å². The Morgan fingerprint density at radius 1 is 1.47 bits per heavy atom. The summed E-state index contributed by atoms with van der Waals surface area (Å²) >= 11 is 0. The summed E-state index contributed by atoms with van der Waals surface area (Å²) in [5, 5.41) is 3.05. The third-order valence-corrected chi connectivity index (χ3v) is 3.81. The third kappa shape index (κ3) is 5.50. The predicted molar refractivity (Wildman–Crippen MR) is 70.7 cm³/mol. The van der Waals surface area contributed by atoms with E-state index in [1.807, 2.05) is 0 Å². The molecule has 0 aromatic carbocycles. The molecule has 0 saturated carbocycles. The molecule has 3 N–H and O–H groups in total. The van der Waals surface area contributed by atoms with Gasteiger partial charge in [-0.15, -0.1) is 0 Å². The molecular formula is C13H27N3O. The maximum Gasteiger partial charge on any atom is 0.220 e. The van der Waals surface area contributed by atoms with Gasteiger partial charge >= 0.3 is 0 Å². The van der Waals surface area contributed by atoms with Gasteiger partial charge in [0.05, 0.1) is 0 Å². The molecule has 4 heteroatoms. The zero-order valence-electron chi connectivity index (χ0n) is 11.2. The van der Waals surface area contributed by atoms with Crippen LogP contribution in [0.15, 0.2) is 0 Å². The van der Waals surface area contributed by atoms with Crippen LogP contribution in [-0.2, 0) is 4.79 Å². The molecule has 1 heterocycles. The van der Waals surface area contributed by atoms with Gasteiger partial charge in [-0.05, 0) is 51.4 Å². The van der Waals surface area contributed by atoms with Crippen LogP contribution in [0, 0.1) is 11.8 Å². The van der Waals surface area contributed by atoms with E-state index in [0.717, 1.165) is 26.1 Å². The molecule has 0 aromatic rings. The number of hydrogen-bond donors (Lipinski definition) is 2. The number of likely N-dealkylation sites (tertiary alicyclic amines) is 1. The lowest BCUT2D eigenvalue weighted by Crippen LogP contribution is -2.37. The molecule has 100 valence electrons. The zero-order chi connectivity index (χ0) is 12.7. The van der Waals surface area contributed by atoms with Gasteiger partial charge in [-0.1, -0.05) is 13.3 Å². The molecule has 1 amide bonds. The first-order chi connectivity index (χ1) is 8.15. The number of amides is 1. The van der Waals surface area contributed by atoms with Gasteiger partial charge in [0.1, 0.15) is 0 Å². The minimum atomic E-state index is 0.168. The Kier molecular flexibility index (Phi) is 6.52. The van der Waals surface area contributed by atoms with E-state index in [9.17, 15) is 4.79 Å². The lowest BCUT2D eigenvalue weighted by molar-refractivity contribution is -0.122. The van der Waals surface area contributed by atoms with Gasteiger partial charge in [-0.25, -0.2) is 0 Å². The Morgan fingerprint density at radius 3 is 2.65 bits per heavy atom. The predicted octanol–water partition coefficient (Wildman–Crippen LogP) is 0.819. The molecule has 0 spiro atoms. The molecule has 1 aliphatic heterocycles. The number of carbonyl (C=O) groups is 1. The number of nitrogens with one attached hydrogen (secondary N) is 1. The van der Waals surface area contributed by atoms with Crippen molar-refractivity contribution < 1.29 is 4.79 Å². The Bertz CT molecular complexity index is 221. The minimum absolute atomic E-state index is 0.168. The summed E-state index contributed by atoms with van der Waals surface area (Å²) in [6.07, 6.45) is 3.97. The third-order valence-electron chi connectivity index (χ3n) is 3.81. The number of carbonyl (C=O) groups excluding carboxylic acids is 1. The average molecular weight is 241 g/mol. The zero-order valence-corrected chi connectivity index (χ0v) is 11.2. The van der Waals surface area contributed by atoms with E-state index in [4.69, 9.17) is 5.73 Å². The standard InChI is InChI=1S/C13H27N3O/c1-3-11(9-14)8-13(17)15-10-12-4-6-16(2)7-5-12/h11-12H,3-10,14H2,1-2H3,(H,15,17). The van der Waals surface area contributed by atoms with E-state index in [0.29, 0.717) is 24.8 Å². The van der Waals surface area contributed by atoms with Gasteiger partial charge in [0, 0.05) is 13.0 Å². The van der Waals surface area contributed by atoms with Crippen LogP contribution in [0.4, 0.5) is 0 Å². The van der Waals surface area contributed by atoms with Gasteiger partial charge < -0.3 is 16.0 Å². The number of nitrogens with two attached hydrogens (primary N) is 1. The summed E-state index contributed by atoms with van der Waals surface area (Å²) in [5.74, 6) is 1.17. The Morgan fingerprint density at radius 2 is 2.12 bits per heavy atom. The minimum Gasteiger partial charge on any atom is -0.356 e. The summed E-state index contributed by atoms with van der Waals surface area (Å²) in [4.78, 5) is 14.0. The largest absolute Gasteiger partial charge is 0.356 e. The van der Waals surface area contributed by atoms with Crippen LogP contribution in [0.3, 0.4) is 0 Å². The monoisotopic (exact) mass is 241 g/mol. The first-order valence-electron chi connectivity index (χ1n) is 6.81. The fourth-order valence-electron chi connectivity index (χ4n) is 2.25. The lowest BCUT2D eigenvalue weighted by Gasteiger charge is -2.29. The van der Waals surface area contributed by atoms with Crippen LogP contribution >= 0.6 is 0 Å². The van der Waals surface area contributed by atoms with Gasteiger partial charge in [0.25, 0.3) is 0 Å². The van der Waals surface area contributed by atoms with E-state index < -0.39 is 0 Å². The molecule has 1 unspecified atom stereocenters. The lowest BCUT2D eigenvalue weighted by atomic mass is 9.96. The number of nitrogens with zero attached hydrogens (tertiary/aromatic N) is 1.